The van der Waals surface area contributed by atoms with Crippen LogP contribution >= 0.6 is 0 Å². The highest BCUT2D eigenvalue weighted by Crippen LogP contribution is 2.30. The lowest BCUT2D eigenvalue weighted by Gasteiger charge is -2.24. The number of carbonyl (C=O) groups excluding carboxylic acids is 1. The summed E-state index contributed by atoms with van der Waals surface area (Å²) in [4.78, 5) is 36.2. The molecule has 1 aliphatic heterocycles. The highest BCUT2D eigenvalue weighted by molar-refractivity contribution is 5.84. The minimum absolute atomic E-state index is 0.0433. The van der Waals surface area contributed by atoms with Crippen molar-refractivity contribution in [2.45, 2.75) is 51.7 Å². The summed E-state index contributed by atoms with van der Waals surface area (Å²) in [7, 11) is 1.38. The van der Waals surface area contributed by atoms with Gasteiger partial charge in [-0.15, -0.1) is 0 Å². The topological polar surface area (TPSA) is 79.7 Å². The average Bonchev–Trinajstić information content (AvgIpc) is 3.72. The molecule has 1 saturated heterocycles. The van der Waals surface area contributed by atoms with E-state index in [1.54, 1.807) is 6.07 Å². The highest BCUT2D eigenvalue weighted by Gasteiger charge is 2.30. The number of methoxy groups -OCH3 is 1. The van der Waals surface area contributed by atoms with E-state index in [0.29, 0.717) is 16.5 Å². The number of benzene rings is 2. The first-order chi connectivity index (χ1) is 17.8. The smallest absolute Gasteiger partial charge is 0.262 e. The van der Waals surface area contributed by atoms with Gasteiger partial charge in [-0.2, -0.15) is 0 Å². The molecule has 196 valence electrons. The molecule has 1 amide bonds. The number of amides is 1. The Hall–Kier alpha value is -3.46. The first-order valence-electron chi connectivity index (χ1n) is 13.0. The largest absolute Gasteiger partial charge is 0.494 e. The van der Waals surface area contributed by atoms with Crippen molar-refractivity contribution in [2.24, 2.45) is 0 Å². The molecule has 2 heterocycles. The second-order valence-electron chi connectivity index (χ2n) is 10.2. The van der Waals surface area contributed by atoms with Crippen LogP contribution < -0.4 is 20.5 Å². The van der Waals surface area contributed by atoms with Crippen LogP contribution in [0.1, 0.15) is 33.1 Å². The van der Waals surface area contributed by atoms with E-state index >= 15 is 0 Å². The number of carbonyl (C=O) groups is 1. The van der Waals surface area contributed by atoms with Crippen molar-refractivity contribution in [3.63, 3.8) is 0 Å². The zero-order chi connectivity index (χ0) is 26.1. The molecular weight excluding hydrogens is 473 g/mol. The number of hydrogen-bond donors (Lipinski definition) is 1. The van der Waals surface area contributed by atoms with Crippen molar-refractivity contribution < 1.29 is 13.9 Å². The van der Waals surface area contributed by atoms with Gasteiger partial charge in [-0.3, -0.25) is 19.1 Å². The zero-order valence-electron chi connectivity index (χ0n) is 21.7. The fourth-order valence-electron chi connectivity index (χ4n) is 5.08. The first kappa shape index (κ1) is 25.2. The summed E-state index contributed by atoms with van der Waals surface area (Å²) >= 11 is 0. The van der Waals surface area contributed by atoms with Crippen LogP contribution in [0.5, 0.6) is 5.75 Å². The quantitative estimate of drug-likeness (QED) is 0.528. The third-order valence-corrected chi connectivity index (χ3v) is 7.06. The average molecular weight is 508 g/mol. The predicted octanol–water partition coefficient (Wildman–Crippen LogP) is 3.41. The first-order valence-corrected chi connectivity index (χ1v) is 13.0. The van der Waals surface area contributed by atoms with E-state index in [1.165, 1.54) is 36.7 Å². The predicted molar refractivity (Wildman–Crippen MR) is 143 cm³/mol. The fraction of sp³-hybridized carbons (Fsp3) is 0.464. The van der Waals surface area contributed by atoms with Crippen molar-refractivity contribution >= 4 is 22.5 Å². The summed E-state index contributed by atoms with van der Waals surface area (Å²) in [5.41, 5.74) is 1.70. The van der Waals surface area contributed by atoms with Gasteiger partial charge in [0.05, 0.1) is 18.0 Å². The van der Waals surface area contributed by atoms with Gasteiger partial charge in [-0.05, 0) is 69.5 Å². The molecule has 2 aromatic carbocycles. The summed E-state index contributed by atoms with van der Waals surface area (Å²) in [6, 6.07) is 10.7. The molecule has 0 unspecified atom stereocenters. The molecule has 9 heteroatoms. The monoisotopic (exact) mass is 507 g/mol. The summed E-state index contributed by atoms with van der Waals surface area (Å²) in [5.74, 6) is -0.475. The van der Waals surface area contributed by atoms with Crippen LogP contribution in [0.2, 0.25) is 0 Å². The minimum atomic E-state index is -0.513. The number of fused-ring (bicyclic) bond motifs is 1. The molecule has 1 saturated carbocycles. The summed E-state index contributed by atoms with van der Waals surface area (Å²) in [6.45, 7) is 7.50. The lowest BCUT2D eigenvalue weighted by Crippen LogP contribution is -2.37. The summed E-state index contributed by atoms with van der Waals surface area (Å²) in [6.07, 6.45) is 3.68. The van der Waals surface area contributed by atoms with Gasteiger partial charge in [0.2, 0.25) is 5.91 Å². The van der Waals surface area contributed by atoms with Crippen LogP contribution in [0, 0.1) is 5.82 Å². The van der Waals surface area contributed by atoms with E-state index in [-0.39, 0.29) is 35.6 Å². The zero-order valence-corrected chi connectivity index (χ0v) is 21.7. The van der Waals surface area contributed by atoms with Gasteiger partial charge >= 0.3 is 0 Å². The third kappa shape index (κ3) is 5.46. The number of nitrogens with one attached hydrogen (secondary N) is 1. The van der Waals surface area contributed by atoms with Crippen LogP contribution in [0.15, 0.2) is 41.2 Å². The standard InChI is InChI=1S/C28H34FN5O3/c1-18(2)30-26(35)17-34-27(19-5-9-23(29)25(15-19)37-3)31-24-10-8-21(16-22(24)28(34)36)33-12-4-11-32(13-14-33)20-6-7-20/h5,8-10,15-16,18,20H,4,6-7,11-14,17H2,1-3H3,(H,30,35). The Morgan fingerprint density at radius 1 is 1.14 bits per heavy atom. The number of ether oxygens (including phenoxy) is 1. The van der Waals surface area contributed by atoms with Crippen LogP contribution in [-0.4, -0.2) is 65.7 Å². The number of aromatic nitrogens is 2. The normalized spacial score (nSPS) is 16.7. The Balaban J connectivity index is 1.56. The van der Waals surface area contributed by atoms with Gasteiger partial charge in [0.15, 0.2) is 11.6 Å². The van der Waals surface area contributed by atoms with Gasteiger partial charge in [-0.1, -0.05) is 0 Å². The Bertz CT molecular complexity index is 1370. The molecule has 2 aliphatic rings. The van der Waals surface area contributed by atoms with Crippen LogP contribution in [0.4, 0.5) is 10.1 Å². The molecule has 5 rings (SSSR count). The van der Waals surface area contributed by atoms with Gasteiger partial charge in [0.25, 0.3) is 5.56 Å². The molecule has 0 radical (unpaired) electrons. The Kier molecular flexibility index (Phi) is 7.15. The fourth-order valence-corrected chi connectivity index (χ4v) is 5.08. The maximum absolute atomic E-state index is 14.1. The number of hydrogen-bond acceptors (Lipinski definition) is 6. The van der Waals surface area contributed by atoms with Gasteiger partial charge in [0, 0.05) is 49.5 Å². The lowest BCUT2D eigenvalue weighted by atomic mass is 10.1. The van der Waals surface area contributed by atoms with Crippen molar-refractivity contribution in [3.8, 4) is 17.1 Å². The molecule has 8 nitrogen and oxygen atoms in total. The molecule has 37 heavy (non-hydrogen) atoms. The molecule has 3 aromatic rings. The van der Waals surface area contributed by atoms with Crippen molar-refractivity contribution in [1.29, 1.82) is 0 Å². The molecule has 0 bridgehead atoms. The number of anilines is 1. The van der Waals surface area contributed by atoms with E-state index in [0.717, 1.165) is 44.3 Å². The molecule has 1 aliphatic carbocycles. The highest BCUT2D eigenvalue weighted by atomic mass is 19.1. The summed E-state index contributed by atoms with van der Waals surface area (Å²) < 4.78 is 20.6. The van der Waals surface area contributed by atoms with E-state index in [4.69, 9.17) is 9.72 Å². The number of halogens is 1. The third-order valence-electron chi connectivity index (χ3n) is 7.06. The van der Waals surface area contributed by atoms with Gasteiger partial charge < -0.3 is 15.0 Å². The maximum Gasteiger partial charge on any atom is 0.262 e. The van der Waals surface area contributed by atoms with Crippen molar-refractivity contribution in [3.05, 3.63) is 52.6 Å². The summed E-state index contributed by atoms with van der Waals surface area (Å²) in [5, 5.41) is 3.30. The van der Waals surface area contributed by atoms with Crippen molar-refractivity contribution in [1.82, 2.24) is 19.8 Å². The van der Waals surface area contributed by atoms with Gasteiger partial charge in [-0.25, -0.2) is 9.37 Å². The molecule has 1 aromatic heterocycles. The molecule has 2 fully saturated rings. The molecule has 0 atom stereocenters. The Morgan fingerprint density at radius 3 is 2.68 bits per heavy atom. The van der Waals surface area contributed by atoms with Crippen molar-refractivity contribution in [2.75, 3.05) is 38.2 Å². The number of rotatable bonds is 7. The minimum Gasteiger partial charge on any atom is -0.494 e. The van der Waals surface area contributed by atoms with E-state index in [1.807, 2.05) is 32.0 Å². The molecular formula is C28H34FN5O3. The Labute approximate surface area is 216 Å². The second-order valence-corrected chi connectivity index (χ2v) is 10.2. The molecule has 1 N–H and O–H groups in total. The lowest BCUT2D eigenvalue weighted by molar-refractivity contribution is -0.122. The van der Waals surface area contributed by atoms with Crippen LogP contribution in [-0.2, 0) is 11.3 Å². The number of nitrogens with zero attached hydrogens (tertiary/aromatic N) is 4. The Morgan fingerprint density at radius 2 is 1.95 bits per heavy atom. The van der Waals surface area contributed by atoms with E-state index in [2.05, 4.69) is 15.1 Å². The van der Waals surface area contributed by atoms with Crippen LogP contribution in [0.3, 0.4) is 0 Å². The van der Waals surface area contributed by atoms with Gasteiger partial charge in [0.1, 0.15) is 12.4 Å². The van der Waals surface area contributed by atoms with E-state index < -0.39 is 5.82 Å². The van der Waals surface area contributed by atoms with Crippen LogP contribution in [0.25, 0.3) is 22.3 Å². The maximum atomic E-state index is 14.1. The second kappa shape index (κ2) is 10.5. The SMILES string of the molecule is COc1cc(-c2nc3ccc(N4CCCN(C5CC5)CC4)cc3c(=O)n2CC(=O)NC(C)C)ccc1F. The molecule has 0 spiro atoms. The van der Waals surface area contributed by atoms with E-state index in [9.17, 15) is 14.0 Å².